The van der Waals surface area contributed by atoms with Crippen LogP contribution >= 0.6 is 11.9 Å². The Morgan fingerprint density at radius 3 is 2.79 bits per heavy atom. The molecular formula is C19H16N8S. The van der Waals surface area contributed by atoms with Crippen molar-refractivity contribution in [1.82, 2.24) is 29.9 Å². The lowest BCUT2D eigenvalue weighted by Crippen LogP contribution is -2.30. The van der Waals surface area contributed by atoms with Gasteiger partial charge in [-0.25, -0.2) is 19.9 Å². The van der Waals surface area contributed by atoms with Crippen molar-refractivity contribution in [3.63, 3.8) is 0 Å². The summed E-state index contributed by atoms with van der Waals surface area (Å²) >= 11 is 1.56. The maximum absolute atomic E-state index is 4.47. The lowest BCUT2D eigenvalue weighted by Gasteiger charge is -2.33. The Hall–Kier alpha value is -3.46. The van der Waals surface area contributed by atoms with Crippen LogP contribution in [0, 0.1) is 0 Å². The fourth-order valence-electron chi connectivity index (χ4n) is 3.06. The highest BCUT2D eigenvalue weighted by molar-refractivity contribution is 8.00. The van der Waals surface area contributed by atoms with E-state index in [1.165, 1.54) is 6.33 Å². The van der Waals surface area contributed by atoms with Gasteiger partial charge in [0.15, 0.2) is 11.5 Å². The minimum atomic E-state index is -0.0516. The summed E-state index contributed by atoms with van der Waals surface area (Å²) in [4.78, 5) is 24.8. The first-order valence-electron chi connectivity index (χ1n) is 8.76. The molecule has 1 aliphatic heterocycles. The highest BCUT2D eigenvalue weighted by atomic mass is 32.2. The van der Waals surface area contributed by atoms with Crippen molar-refractivity contribution in [3.8, 4) is 0 Å². The summed E-state index contributed by atoms with van der Waals surface area (Å²) in [5.41, 5.74) is 4.39. The van der Waals surface area contributed by atoms with Gasteiger partial charge >= 0.3 is 0 Å². The molecule has 4 heterocycles. The number of hydrogen-bond acceptors (Lipinski definition) is 8. The number of nitrogens with zero attached hydrogens (tertiary/aromatic N) is 6. The first-order valence-corrected chi connectivity index (χ1v) is 9.53. The Morgan fingerprint density at radius 2 is 1.89 bits per heavy atom. The van der Waals surface area contributed by atoms with Gasteiger partial charge < -0.3 is 10.3 Å². The molecule has 1 atom stereocenters. The highest BCUT2D eigenvalue weighted by Gasteiger charge is 2.26. The molecule has 0 saturated heterocycles. The lowest BCUT2D eigenvalue weighted by molar-refractivity contribution is 0.892. The number of imidazole rings is 1. The molecule has 0 spiro atoms. The van der Waals surface area contributed by atoms with Crippen LogP contribution in [0.1, 0.15) is 12.6 Å². The number of aromatic amines is 1. The average molecular weight is 388 g/mol. The minimum Gasteiger partial charge on any atom is -0.360 e. The molecule has 2 N–H and O–H groups in total. The second-order valence-electron chi connectivity index (χ2n) is 6.23. The van der Waals surface area contributed by atoms with Crippen LogP contribution < -0.4 is 9.62 Å². The SMILES string of the molecule is C[C@H](Nc1ncnc2nc[nH]c12)C1=Cc2nccnc2SN1c1ccccc1. The van der Waals surface area contributed by atoms with E-state index >= 15 is 0 Å². The average Bonchev–Trinajstić information content (AvgIpc) is 3.23. The number of benzene rings is 1. The second-order valence-corrected chi connectivity index (χ2v) is 7.16. The van der Waals surface area contributed by atoms with E-state index in [-0.39, 0.29) is 6.04 Å². The zero-order valence-electron chi connectivity index (χ0n) is 14.9. The number of fused-ring (bicyclic) bond motifs is 2. The third-order valence-corrected chi connectivity index (χ3v) is 5.49. The summed E-state index contributed by atoms with van der Waals surface area (Å²) in [6, 6.07) is 10.2. The smallest absolute Gasteiger partial charge is 0.182 e. The molecule has 0 fully saturated rings. The molecule has 0 amide bonds. The Balaban J connectivity index is 1.54. The van der Waals surface area contributed by atoms with E-state index in [1.807, 2.05) is 18.2 Å². The predicted octanol–water partition coefficient (Wildman–Crippen LogP) is 3.51. The van der Waals surface area contributed by atoms with Crippen molar-refractivity contribution >= 4 is 40.7 Å². The number of rotatable bonds is 4. The molecule has 0 unspecified atom stereocenters. The molecule has 28 heavy (non-hydrogen) atoms. The molecule has 5 rings (SSSR count). The molecule has 138 valence electrons. The van der Waals surface area contributed by atoms with E-state index in [0.29, 0.717) is 11.5 Å². The quantitative estimate of drug-likeness (QED) is 0.513. The van der Waals surface area contributed by atoms with E-state index in [9.17, 15) is 0 Å². The van der Waals surface area contributed by atoms with Crippen molar-refractivity contribution in [2.75, 3.05) is 9.62 Å². The summed E-state index contributed by atoms with van der Waals surface area (Å²) in [5.74, 6) is 0.707. The van der Waals surface area contributed by atoms with Crippen molar-refractivity contribution in [1.29, 1.82) is 0 Å². The van der Waals surface area contributed by atoms with Gasteiger partial charge in [0.25, 0.3) is 0 Å². The zero-order chi connectivity index (χ0) is 18.9. The van der Waals surface area contributed by atoms with Crippen LogP contribution in [-0.4, -0.2) is 35.9 Å². The van der Waals surface area contributed by atoms with Gasteiger partial charge in [-0.05, 0) is 25.1 Å². The molecule has 0 saturated carbocycles. The van der Waals surface area contributed by atoms with E-state index in [2.05, 4.69) is 64.7 Å². The third-order valence-electron chi connectivity index (χ3n) is 4.40. The van der Waals surface area contributed by atoms with Gasteiger partial charge in [-0.15, -0.1) is 0 Å². The maximum atomic E-state index is 4.47. The second kappa shape index (κ2) is 6.93. The summed E-state index contributed by atoms with van der Waals surface area (Å²) < 4.78 is 2.17. The van der Waals surface area contributed by atoms with Crippen LogP contribution in [0.2, 0.25) is 0 Å². The van der Waals surface area contributed by atoms with Gasteiger partial charge in [-0.2, -0.15) is 0 Å². The summed E-state index contributed by atoms with van der Waals surface area (Å²) in [6.45, 7) is 2.09. The number of H-pyrrole nitrogens is 1. The standard InChI is InChI=1S/C19H16N8S/c1-12(26-18-16-17(23-10-22-16)24-11-25-18)15-9-14-19(21-8-7-20-14)28-27(15)13-5-3-2-4-6-13/h2-12H,1H3,(H2,22,23,24,25,26)/t12-/m0/s1. The van der Waals surface area contributed by atoms with Crippen LogP contribution in [0.4, 0.5) is 11.5 Å². The van der Waals surface area contributed by atoms with Crippen molar-refractivity contribution in [2.45, 2.75) is 18.0 Å². The van der Waals surface area contributed by atoms with E-state index in [4.69, 9.17) is 0 Å². The van der Waals surface area contributed by atoms with Crippen molar-refractivity contribution in [3.05, 3.63) is 66.8 Å². The normalized spacial score (nSPS) is 14.5. The van der Waals surface area contributed by atoms with Gasteiger partial charge in [0, 0.05) is 24.3 Å². The van der Waals surface area contributed by atoms with Crippen LogP contribution in [0.5, 0.6) is 0 Å². The van der Waals surface area contributed by atoms with E-state index < -0.39 is 0 Å². The number of aromatic nitrogens is 6. The lowest BCUT2D eigenvalue weighted by atomic mass is 10.1. The van der Waals surface area contributed by atoms with Crippen molar-refractivity contribution in [2.24, 2.45) is 0 Å². The maximum Gasteiger partial charge on any atom is 0.182 e. The molecule has 8 nitrogen and oxygen atoms in total. The van der Waals surface area contributed by atoms with Crippen LogP contribution in [-0.2, 0) is 0 Å². The Kier molecular flexibility index (Phi) is 4.13. The van der Waals surface area contributed by atoms with Gasteiger partial charge in [0.05, 0.1) is 29.4 Å². The Labute approximate surface area is 165 Å². The first kappa shape index (κ1) is 16.7. The number of hydrogen-bond donors (Lipinski definition) is 2. The number of anilines is 2. The predicted molar refractivity (Wildman–Crippen MR) is 110 cm³/mol. The van der Waals surface area contributed by atoms with E-state index in [1.54, 1.807) is 30.7 Å². The molecule has 1 aliphatic rings. The molecule has 1 aromatic carbocycles. The fourth-order valence-corrected chi connectivity index (χ4v) is 4.09. The topological polar surface area (TPSA) is 95.5 Å². The number of para-hydroxylation sites is 1. The Morgan fingerprint density at radius 1 is 1.04 bits per heavy atom. The van der Waals surface area contributed by atoms with Crippen LogP contribution in [0.15, 0.2) is 66.1 Å². The molecule has 4 aromatic rings. The van der Waals surface area contributed by atoms with E-state index in [0.717, 1.165) is 27.6 Å². The van der Waals surface area contributed by atoms with Crippen molar-refractivity contribution < 1.29 is 0 Å². The van der Waals surface area contributed by atoms with Crippen LogP contribution in [0.3, 0.4) is 0 Å². The van der Waals surface area contributed by atoms with Gasteiger partial charge in [-0.3, -0.25) is 9.29 Å². The summed E-state index contributed by atoms with van der Waals surface area (Å²) in [7, 11) is 0. The Bertz CT molecular complexity index is 1160. The molecule has 0 bridgehead atoms. The van der Waals surface area contributed by atoms with Crippen LogP contribution in [0.25, 0.3) is 17.2 Å². The summed E-state index contributed by atoms with van der Waals surface area (Å²) in [6.07, 6.45) is 8.62. The van der Waals surface area contributed by atoms with Gasteiger partial charge in [0.1, 0.15) is 16.9 Å². The highest BCUT2D eigenvalue weighted by Crippen LogP contribution is 2.39. The fraction of sp³-hybridized carbons (Fsp3) is 0.105. The number of nitrogens with one attached hydrogen (secondary N) is 2. The summed E-state index contributed by atoms with van der Waals surface area (Å²) in [5, 5.41) is 4.35. The molecule has 0 radical (unpaired) electrons. The first-order chi connectivity index (χ1) is 13.8. The van der Waals surface area contributed by atoms with Gasteiger partial charge in [0.2, 0.25) is 0 Å². The molecule has 9 heteroatoms. The molecule has 0 aliphatic carbocycles. The third kappa shape index (κ3) is 2.95. The largest absolute Gasteiger partial charge is 0.360 e. The molecule has 3 aromatic heterocycles. The van der Waals surface area contributed by atoms with Gasteiger partial charge in [-0.1, -0.05) is 18.2 Å². The monoisotopic (exact) mass is 388 g/mol. The molecular weight excluding hydrogens is 372 g/mol. The minimum absolute atomic E-state index is 0.0516. The zero-order valence-corrected chi connectivity index (χ0v) is 15.8.